The molecule has 4 heterocycles. The van der Waals surface area contributed by atoms with Crippen molar-refractivity contribution in [2.24, 2.45) is 5.10 Å². The largest absolute Gasteiger partial charge is 0.497 e. The number of fused-ring (bicyclic) bond motifs is 1. The first-order chi connectivity index (χ1) is 17.7. The van der Waals surface area contributed by atoms with Gasteiger partial charge in [0, 0.05) is 25.6 Å². The van der Waals surface area contributed by atoms with E-state index in [1.807, 2.05) is 39.9 Å². The Labute approximate surface area is 214 Å². The predicted octanol–water partition coefficient (Wildman–Crippen LogP) is 3.31. The van der Waals surface area contributed by atoms with Crippen LogP contribution >= 0.6 is 11.8 Å². The first-order valence-corrected chi connectivity index (χ1v) is 13.3. The summed E-state index contributed by atoms with van der Waals surface area (Å²) in [5.41, 5.74) is 9.81. The lowest BCUT2D eigenvalue weighted by Crippen LogP contribution is -2.34. The highest BCUT2D eigenvalue weighted by atomic mass is 32.2. The summed E-state index contributed by atoms with van der Waals surface area (Å²) in [6, 6.07) is 18.4. The number of rotatable bonds is 6. The van der Waals surface area contributed by atoms with Crippen molar-refractivity contribution in [2.45, 2.75) is 48.2 Å². The zero-order chi connectivity index (χ0) is 24.5. The maximum Gasteiger partial charge on any atom is 0.224 e. The van der Waals surface area contributed by atoms with Crippen molar-refractivity contribution >= 4 is 23.4 Å². The van der Waals surface area contributed by atoms with Gasteiger partial charge in [0.25, 0.3) is 0 Å². The maximum atomic E-state index is 13.1. The molecule has 10 heteroatoms. The van der Waals surface area contributed by atoms with Gasteiger partial charge >= 0.3 is 0 Å². The first kappa shape index (κ1) is 23.2. The molecule has 2 N–H and O–H groups in total. The summed E-state index contributed by atoms with van der Waals surface area (Å²) in [5.74, 6) is 1.72. The monoisotopic (exact) mass is 503 g/mol. The van der Waals surface area contributed by atoms with Gasteiger partial charge in [-0.15, -0.1) is 10.2 Å². The fourth-order valence-electron chi connectivity index (χ4n) is 5.04. The molecule has 3 atom stereocenters. The third kappa shape index (κ3) is 4.52. The van der Waals surface area contributed by atoms with E-state index in [0.717, 1.165) is 55.2 Å². The van der Waals surface area contributed by atoms with E-state index in [0.29, 0.717) is 11.6 Å². The summed E-state index contributed by atoms with van der Waals surface area (Å²) in [6.45, 7) is 1.68. The van der Waals surface area contributed by atoms with Crippen LogP contribution in [0.2, 0.25) is 0 Å². The van der Waals surface area contributed by atoms with Crippen molar-refractivity contribution in [3.8, 4) is 5.75 Å². The smallest absolute Gasteiger partial charge is 0.224 e. The predicted molar refractivity (Wildman–Crippen MR) is 138 cm³/mol. The van der Waals surface area contributed by atoms with E-state index >= 15 is 0 Å². The normalized spacial score (nSPS) is 23.4. The summed E-state index contributed by atoms with van der Waals surface area (Å²) >= 11 is 1.57. The van der Waals surface area contributed by atoms with Crippen LogP contribution in [0, 0.1) is 0 Å². The number of hydrogen-bond donors (Lipinski definition) is 2. The van der Waals surface area contributed by atoms with Crippen LogP contribution in [0.25, 0.3) is 0 Å². The Kier molecular flexibility index (Phi) is 6.47. The zero-order valence-electron chi connectivity index (χ0n) is 20.1. The van der Waals surface area contributed by atoms with Crippen LogP contribution < -0.4 is 15.6 Å². The molecule has 3 aliphatic heterocycles. The number of hydrogen-bond acceptors (Lipinski definition) is 8. The minimum Gasteiger partial charge on any atom is -0.497 e. The molecule has 36 heavy (non-hydrogen) atoms. The number of thioether (sulfide) groups is 1. The molecule has 2 aromatic carbocycles. The molecular weight excluding hydrogens is 474 g/mol. The highest BCUT2D eigenvalue weighted by Crippen LogP contribution is 2.37. The average molecular weight is 504 g/mol. The number of methoxy groups -OCH3 is 1. The number of carbonyl (C=O) groups is 1. The molecule has 3 aromatic rings. The van der Waals surface area contributed by atoms with Gasteiger partial charge in [-0.25, -0.2) is 10.9 Å². The molecule has 186 valence electrons. The first-order valence-electron chi connectivity index (χ1n) is 12.4. The Morgan fingerprint density at radius 3 is 2.53 bits per heavy atom. The number of nitrogens with one attached hydrogen (secondary N) is 2. The summed E-state index contributed by atoms with van der Waals surface area (Å²) in [7, 11) is 1.65. The molecular formula is C26H29N7O2S. The average Bonchev–Trinajstić information content (AvgIpc) is 3.70. The van der Waals surface area contributed by atoms with Crippen LogP contribution in [0.15, 0.2) is 64.9 Å². The van der Waals surface area contributed by atoms with Gasteiger partial charge in [0.2, 0.25) is 11.1 Å². The quantitative estimate of drug-likeness (QED) is 0.533. The second-order valence-corrected chi connectivity index (χ2v) is 10.5. The third-order valence-electron chi connectivity index (χ3n) is 7.02. The molecule has 3 aliphatic rings. The van der Waals surface area contributed by atoms with E-state index in [-0.39, 0.29) is 23.2 Å². The zero-order valence-corrected chi connectivity index (χ0v) is 20.9. The minimum absolute atomic E-state index is 0.0410. The molecule has 0 aliphatic carbocycles. The number of carbonyl (C=O) groups excluding carboxylic acids is 1. The lowest BCUT2D eigenvalue weighted by atomic mass is 10.0. The topological polar surface area (TPSA) is 96.7 Å². The van der Waals surface area contributed by atoms with E-state index in [2.05, 4.69) is 45.3 Å². The van der Waals surface area contributed by atoms with Crippen LogP contribution in [0.4, 0.5) is 0 Å². The number of amides is 1. The lowest BCUT2D eigenvalue weighted by molar-refractivity contribution is -0.129. The van der Waals surface area contributed by atoms with Crippen molar-refractivity contribution in [3.63, 3.8) is 0 Å². The Morgan fingerprint density at radius 1 is 1.03 bits per heavy atom. The van der Waals surface area contributed by atoms with Crippen molar-refractivity contribution in [1.82, 2.24) is 30.6 Å². The summed E-state index contributed by atoms with van der Waals surface area (Å²) in [4.78, 5) is 15.0. The Balaban J connectivity index is 1.30. The van der Waals surface area contributed by atoms with Crippen molar-refractivity contribution in [2.75, 3.05) is 20.2 Å². The fourth-order valence-corrected chi connectivity index (χ4v) is 6.14. The molecule has 3 unspecified atom stereocenters. The van der Waals surface area contributed by atoms with Crippen molar-refractivity contribution in [3.05, 3.63) is 71.5 Å². The highest BCUT2D eigenvalue weighted by Gasteiger charge is 2.36. The van der Waals surface area contributed by atoms with Crippen molar-refractivity contribution < 1.29 is 9.53 Å². The molecule has 0 radical (unpaired) electrons. The fraction of sp³-hybridized carbons (Fsp3) is 0.385. The Morgan fingerprint density at radius 2 is 1.78 bits per heavy atom. The molecule has 1 aromatic heterocycles. The molecule has 2 fully saturated rings. The summed E-state index contributed by atoms with van der Waals surface area (Å²) in [5, 5.41) is 14.6. The number of hydrazine groups is 1. The van der Waals surface area contributed by atoms with Gasteiger partial charge < -0.3 is 9.64 Å². The van der Waals surface area contributed by atoms with E-state index in [1.165, 1.54) is 5.56 Å². The molecule has 2 saturated heterocycles. The standard InChI is InChI=1S/C26H29N7O2S/c1-35-19-11-9-18(10-12-19)24-22(16-23(34)32-13-5-6-14-32)36-26-30-29-25(33(26)31-24)21-15-20(27-28-21)17-7-3-2-4-8-17/h2-4,7-12,20-22,27-28H,5-6,13-16H2,1H3. The van der Waals surface area contributed by atoms with Gasteiger partial charge in [0.15, 0.2) is 5.82 Å². The molecule has 9 nitrogen and oxygen atoms in total. The Bertz CT molecular complexity index is 1260. The number of benzene rings is 2. The van der Waals surface area contributed by atoms with E-state index in [4.69, 9.17) is 9.84 Å². The van der Waals surface area contributed by atoms with Gasteiger partial charge in [0.05, 0.1) is 24.1 Å². The van der Waals surface area contributed by atoms with Crippen LogP contribution in [0.1, 0.15) is 54.7 Å². The van der Waals surface area contributed by atoms with Crippen LogP contribution in [0.5, 0.6) is 5.75 Å². The van der Waals surface area contributed by atoms with E-state index in [1.54, 1.807) is 18.9 Å². The number of aromatic nitrogens is 3. The van der Waals surface area contributed by atoms with Gasteiger partial charge in [0.1, 0.15) is 5.75 Å². The van der Waals surface area contributed by atoms with Crippen LogP contribution in [0.3, 0.4) is 0 Å². The number of nitrogens with zero attached hydrogens (tertiary/aromatic N) is 5. The third-order valence-corrected chi connectivity index (χ3v) is 8.16. The highest BCUT2D eigenvalue weighted by molar-refractivity contribution is 8.00. The second kappa shape index (κ2) is 10.0. The van der Waals surface area contributed by atoms with Crippen LogP contribution in [-0.2, 0) is 4.79 Å². The number of ether oxygens (including phenoxy) is 1. The van der Waals surface area contributed by atoms with Gasteiger partial charge in [-0.05, 0) is 54.7 Å². The maximum absolute atomic E-state index is 13.1. The van der Waals surface area contributed by atoms with Gasteiger partial charge in [-0.3, -0.25) is 4.79 Å². The Hall–Kier alpha value is -3.21. The van der Waals surface area contributed by atoms with Gasteiger partial charge in [-0.2, -0.15) is 9.78 Å². The molecule has 0 spiro atoms. The minimum atomic E-state index is -0.136. The van der Waals surface area contributed by atoms with E-state index in [9.17, 15) is 4.79 Å². The van der Waals surface area contributed by atoms with Gasteiger partial charge in [-0.1, -0.05) is 42.1 Å². The second-order valence-electron chi connectivity index (χ2n) is 9.31. The molecule has 1 amide bonds. The van der Waals surface area contributed by atoms with Crippen molar-refractivity contribution in [1.29, 1.82) is 0 Å². The van der Waals surface area contributed by atoms with Crippen LogP contribution in [-0.4, -0.2) is 56.8 Å². The summed E-state index contributed by atoms with van der Waals surface area (Å²) in [6.07, 6.45) is 3.37. The lowest BCUT2D eigenvalue weighted by Gasteiger charge is -2.25. The molecule has 0 bridgehead atoms. The van der Waals surface area contributed by atoms with E-state index < -0.39 is 0 Å². The number of likely N-dealkylation sites (tertiary alicyclic amines) is 1. The SMILES string of the molecule is COc1ccc(C2=Nn3c(nnc3C3CC(c4ccccc4)NN3)SC2CC(=O)N2CCCC2)cc1. The molecule has 0 saturated carbocycles. The molecule has 6 rings (SSSR count). The summed E-state index contributed by atoms with van der Waals surface area (Å²) < 4.78 is 7.19.